The smallest absolute Gasteiger partial charge is 0.231 e. The Hall–Kier alpha value is -0.870. The molecule has 4 rings (SSSR count). The minimum Gasteiger partial charge on any atom is -0.393 e. The van der Waals surface area contributed by atoms with Crippen LogP contribution in [0.2, 0.25) is 0 Å². The highest BCUT2D eigenvalue weighted by molar-refractivity contribution is 5.83. The molecule has 19 heavy (non-hydrogen) atoms. The quantitative estimate of drug-likeness (QED) is 0.707. The second-order valence-electron chi connectivity index (χ2n) is 6.54. The van der Waals surface area contributed by atoms with E-state index in [-0.39, 0.29) is 18.1 Å². The Balaban J connectivity index is 1.67. The van der Waals surface area contributed by atoms with Crippen LogP contribution < -0.4 is 0 Å². The minimum absolute atomic E-state index is 0.129. The summed E-state index contributed by atoms with van der Waals surface area (Å²) in [6.07, 6.45) is 6.98. The first kappa shape index (κ1) is 11.9. The van der Waals surface area contributed by atoms with Gasteiger partial charge in [-0.05, 0) is 32.1 Å². The number of nitrogens with zero attached hydrogens (tertiary/aromatic N) is 2. The van der Waals surface area contributed by atoms with E-state index < -0.39 is 0 Å². The molecule has 4 aliphatic heterocycles. The Morgan fingerprint density at radius 2 is 2.16 bits per heavy atom. The second kappa shape index (κ2) is 4.32. The number of piperidine rings is 3. The van der Waals surface area contributed by atoms with E-state index >= 15 is 0 Å². The van der Waals surface area contributed by atoms with Crippen molar-refractivity contribution in [2.45, 2.75) is 44.2 Å². The van der Waals surface area contributed by atoms with Crippen molar-refractivity contribution in [2.75, 3.05) is 19.6 Å². The molecule has 3 saturated heterocycles. The Morgan fingerprint density at radius 1 is 1.26 bits per heavy atom. The first-order valence-electron chi connectivity index (χ1n) is 7.67. The molecule has 0 radical (unpaired) electrons. The average molecular weight is 262 g/mol. The van der Waals surface area contributed by atoms with Gasteiger partial charge in [-0.2, -0.15) is 0 Å². The van der Waals surface area contributed by atoms with Crippen LogP contribution in [0.5, 0.6) is 0 Å². The first-order valence-corrected chi connectivity index (χ1v) is 7.67. The lowest BCUT2D eigenvalue weighted by Crippen LogP contribution is -2.62. The number of carbonyl (C=O) groups excluding carboxylic acids is 1. The molecule has 0 aliphatic carbocycles. The number of rotatable bonds is 0. The summed E-state index contributed by atoms with van der Waals surface area (Å²) in [6, 6.07) is 0.288. The number of aliphatic hydroxyl groups is 1. The number of allylic oxidation sites excluding steroid dienone is 1. The van der Waals surface area contributed by atoms with Crippen molar-refractivity contribution in [3.05, 3.63) is 11.8 Å². The highest BCUT2D eigenvalue weighted by Gasteiger charge is 2.49. The van der Waals surface area contributed by atoms with Gasteiger partial charge in [-0.25, -0.2) is 0 Å². The Kier molecular flexibility index (Phi) is 2.71. The van der Waals surface area contributed by atoms with Gasteiger partial charge in [-0.3, -0.25) is 9.69 Å². The van der Waals surface area contributed by atoms with Crippen LogP contribution in [0.25, 0.3) is 0 Å². The van der Waals surface area contributed by atoms with Crippen LogP contribution in [0.1, 0.15) is 32.1 Å². The fourth-order valence-electron chi connectivity index (χ4n) is 4.54. The van der Waals surface area contributed by atoms with E-state index in [0.29, 0.717) is 11.8 Å². The van der Waals surface area contributed by atoms with E-state index in [9.17, 15) is 9.90 Å². The molecule has 0 aromatic rings. The number of hydrogen-bond acceptors (Lipinski definition) is 3. The van der Waals surface area contributed by atoms with Crippen molar-refractivity contribution in [3.8, 4) is 0 Å². The normalized spacial score (nSPS) is 42.5. The molecule has 2 bridgehead atoms. The van der Waals surface area contributed by atoms with Crippen molar-refractivity contribution in [1.29, 1.82) is 0 Å². The molecule has 3 fully saturated rings. The SMILES string of the molecule is O=C1[C@H]2C[C@H](CN3CC[C@H](O)C[C@H]23)C2=CCCCN12. The van der Waals surface area contributed by atoms with Gasteiger partial charge < -0.3 is 10.0 Å². The summed E-state index contributed by atoms with van der Waals surface area (Å²) in [5.41, 5.74) is 1.30. The number of fused-ring (bicyclic) bond motifs is 6. The predicted octanol–water partition coefficient (Wildman–Crippen LogP) is 0.968. The summed E-state index contributed by atoms with van der Waals surface area (Å²) in [4.78, 5) is 17.2. The molecular formula is C15H22N2O2. The summed E-state index contributed by atoms with van der Waals surface area (Å²) >= 11 is 0. The van der Waals surface area contributed by atoms with Gasteiger partial charge in [-0.1, -0.05) is 6.08 Å². The molecule has 0 aromatic heterocycles. The third kappa shape index (κ3) is 1.77. The lowest BCUT2D eigenvalue weighted by molar-refractivity contribution is -0.147. The van der Waals surface area contributed by atoms with Crippen LogP contribution >= 0.6 is 0 Å². The molecule has 0 saturated carbocycles. The van der Waals surface area contributed by atoms with Gasteiger partial charge in [0.05, 0.1) is 12.0 Å². The molecular weight excluding hydrogens is 240 g/mol. The standard InChI is InChI=1S/C15H22N2O2/c18-11-4-6-16-9-10-7-12(14(16)8-11)15(19)17-5-2-1-3-13(10)17/h3,10-12,14,18H,1-2,4-9H2/t10-,11+,12+,14-/m1/s1. The molecule has 0 spiro atoms. The molecule has 1 amide bonds. The van der Waals surface area contributed by atoms with Crippen molar-refractivity contribution in [1.82, 2.24) is 9.80 Å². The molecule has 4 aliphatic rings. The zero-order valence-corrected chi connectivity index (χ0v) is 11.3. The summed E-state index contributed by atoms with van der Waals surface area (Å²) in [6.45, 7) is 2.95. The third-order valence-corrected chi connectivity index (χ3v) is 5.44. The van der Waals surface area contributed by atoms with Gasteiger partial charge in [0.1, 0.15) is 0 Å². The van der Waals surface area contributed by atoms with Gasteiger partial charge in [0.15, 0.2) is 0 Å². The lowest BCUT2D eigenvalue weighted by atomic mass is 9.73. The largest absolute Gasteiger partial charge is 0.393 e. The minimum atomic E-state index is -0.205. The van der Waals surface area contributed by atoms with E-state index in [2.05, 4.69) is 15.9 Å². The molecule has 4 atom stereocenters. The maximum atomic E-state index is 12.7. The zero-order chi connectivity index (χ0) is 13.0. The number of aliphatic hydroxyl groups excluding tert-OH is 1. The molecule has 104 valence electrons. The van der Waals surface area contributed by atoms with Crippen LogP contribution in [-0.4, -0.2) is 52.6 Å². The van der Waals surface area contributed by atoms with E-state index in [1.807, 2.05) is 0 Å². The average Bonchev–Trinajstić information content (AvgIpc) is 2.45. The van der Waals surface area contributed by atoms with Gasteiger partial charge in [0.2, 0.25) is 5.91 Å². The molecule has 4 heterocycles. The Labute approximate surface area is 114 Å². The third-order valence-electron chi connectivity index (χ3n) is 5.44. The van der Waals surface area contributed by atoms with E-state index in [0.717, 1.165) is 51.7 Å². The monoisotopic (exact) mass is 262 g/mol. The summed E-state index contributed by atoms with van der Waals surface area (Å²) in [5.74, 6) is 1.00. The number of carbonyl (C=O) groups is 1. The van der Waals surface area contributed by atoms with E-state index in [1.165, 1.54) is 5.70 Å². The van der Waals surface area contributed by atoms with Crippen LogP contribution in [0, 0.1) is 11.8 Å². The van der Waals surface area contributed by atoms with Crippen molar-refractivity contribution >= 4 is 5.91 Å². The maximum absolute atomic E-state index is 12.7. The second-order valence-corrected chi connectivity index (χ2v) is 6.54. The van der Waals surface area contributed by atoms with Gasteiger partial charge in [0.25, 0.3) is 0 Å². The Morgan fingerprint density at radius 3 is 3.05 bits per heavy atom. The zero-order valence-electron chi connectivity index (χ0n) is 11.3. The molecule has 4 heteroatoms. The van der Waals surface area contributed by atoms with Crippen molar-refractivity contribution in [3.63, 3.8) is 0 Å². The van der Waals surface area contributed by atoms with Crippen LogP contribution in [0.15, 0.2) is 11.8 Å². The van der Waals surface area contributed by atoms with Crippen LogP contribution in [0.4, 0.5) is 0 Å². The molecule has 0 unspecified atom stereocenters. The lowest BCUT2D eigenvalue weighted by Gasteiger charge is -2.54. The van der Waals surface area contributed by atoms with Crippen molar-refractivity contribution in [2.24, 2.45) is 11.8 Å². The van der Waals surface area contributed by atoms with Gasteiger partial charge in [-0.15, -0.1) is 0 Å². The van der Waals surface area contributed by atoms with Gasteiger partial charge in [0, 0.05) is 37.3 Å². The summed E-state index contributed by atoms with van der Waals surface area (Å²) in [5, 5.41) is 9.90. The summed E-state index contributed by atoms with van der Waals surface area (Å²) in [7, 11) is 0. The summed E-state index contributed by atoms with van der Waals surface area (Å²) < 4.78 is 0. The fourth-order valence-corrected chi connectivity index (χ4v) is 4.54. The number of amides is 1. The highest BCUT2D eigenvalue weighted by Crippen LogP contribution is 2.43. The predicted molar refractivity (Wildman–Crippen MR) is 71.2 cm³/mol. The van der Waals surface area contributed by atoms with E-state index in [1.54, 1.807) is 0 Å². The van der Waals surface area contributed by atoms with E-state index in [4.69, 9.17) is 0 Å². The fraction of sp³-hybridized carbons (Fsp3) is 0.800. The topological polar surface area (TPSA) is 43.8 Å². The molecule has 1 N–H and O–H groups in total. The highest BCUT2D eigenvalue weighted by atomic mass is 16.3. The van der Waals surface area contributed by atoms with Crippen LogP contribution in [-0.2, 0) is 4.79 Å². The molecule has 4 nitrogen and oxygen atoms in total. The van der Waals surface area contributed by atoms with Gasteiger partial charge >= 0.3 is 0 Å². The number of hydrogen-bond donors (Lipinski definition) is 1. The molecule has 0 aromatic carbocycles. The maximum Gasteiger partial charge on any atom is 0.231 e. The van der Waals surface area contributed by atoms with Crippen molar-refractivity contribution < 1.29 is 9.90 Å². The first-order chi connectivity index (χ1) is 9.24. The Bertz CT molecular complexity index is 434. The van der Waals surface area contributed by atoms with Crippen LogP contribution in [0.3, 0.4) is 0 Å².